The van der Waals surface area contributed by atoms with Gasteiger partial charge in [0.25, 0.3) is 5.56 Å². The van der Waals surface area contributed by atoms with Gasteiger partial charge in [-0.3, -0.25) is 4.79 Å². The summed E-state index contributed by atoms with van der Waals surface area (Å²) in [7, 11) is 1.60. The summed E-state index contributed by atoms with van der Waals surface area (Å²) >= 11 is 0. The minimum absolute atomic E-state index is 0.187. The molecule has 0 saturated heterocycles. The number of aryl methyl sites for hydroxylation is 4. The Labute approximate surface area is 112 Å². The molecule has 2 aromatic rings. The van der Waals surface area contributed by atoms with Crippen molar-refractivity contribution in [3.05, 3.63) is 45.0 Å². The Morgan fingerprint density at radius 1 is 1.16 bits per heavy atom. The standard InChI is InChI=1S/C15H18N2O2/c1-8-6-9(2)13(12(7-8)19-5)14-15(18)17-11(4)10(3)16-14/h6-7H,1-5H3,(H,17,18). The van der Waals surface area contributed by atoms with Gasteiger partial charge in [0.1, 0.15) is 11.4 Å². The van der Waals surface area contributed by atoms with Gasteiger partial charge in [-0.15, -0.1) is 0 Å². The van der Waals surface area contributed by atoms with Crippen LogP contribution in [0.5, 0.6) is 5.75 Å². The number of methoxy groups -OCH3 is 1. The summed E-state index contributed by atoms with van der Waals surface area (Å²) in [6, 6.07) is 3.94. The topological polar surface area (TPSA) is 55.0 Å². The van der Waals surface area contributed by atoms with Gasteiger partial charge in [0.05, 0.1) is 18.4 Å². The maximum Gasteiger partial charge on any atom is 0.274 e. The van der Waals surface area contributed by atoms with Crippen LogP contribution < -0.4 is 10.3 Å². The van der Waals surface area contributed by atoms with Gasteiger partial charge >= 0.3 is 0 Å². The number of nitrogens with one attached hydrogen (secondary N) is 1. The van der Waals surface area contributed by atoms with E-state index in [1.54, 1.807) is 7.11 Å². The number of nitrogens with zero attached hydrogens (tertiary/aromatic N) is 1. The summed E-state index contributed by atoms with van der Waals surface area (Å²) in [6.45, 7) is 7.68. The number of hydrogen-bond donors (Lipinski definition) is 1. The second-order valence-electron chi connectivity index (χ2n) is 4.78. The van der Waals surface area contributed by atoms with Crippen molar-refractivity contribution >= 4 is 0 Å². The van der Waals surface area contributed by atoms with Crippen LogP contribution in [0.1, 0.15) is 22.5 Å². The lowest BCUT2D eigenvalue weighted by Crippen LogP contribution is -2.15. The van der Waals surface area contributed by atoms with Crippen LogP contribution in [0.15, 0.2) is 16.9 Å². The molecule has 0 unspecified atom stereocenters. The number of hydrogen-bond acceptors (Lipinski definition) is 3. The summed E-state index contributed by atoms with van der Waals surface area (Å²) in [4.78, 5) is 19.4. The highest BCUT2D eigenvalue weighted by Gasteiger charge is 2.16. The number of ether oxygens (including phenoxy) is 1. The second kappa shape index (κ2) is 4.88. The third kappa shape index (κ3) is 2.38. The zero-order valence-corrected chi connectivity index (χ0v) is 11.9. The van der Waals surface area contributed by atoms with Crippen molar-refractivity contribution in [2.24, 2.45) is 0 Å². The maximum absolute atomic E-state index is 12.1. The van der Waals surface area contributed by atoms with Crippen molar-refractivity contribution in [2.75, 3.05) is 7.11 Å². The van der Waals surface area contributed by atoms with Gasteiger partial charge in [-0.1, -0.05) is 6.07 Å². The van der Waals surface area contributed by atoms with Crippen LogP contribution in [-0.2, 0) is 0 Å². The van der Waals surface area contributed by atoms with Crippen LogP contribution >= 0.6 is 0 Å². The third-order valence-corrected chi connectivity index (χ3v) is 3.24. The van der Waals surface area contributed by atoms with Crippen LogP contribution in [-0.4, -0.2) is 17.1 Å². The van der Waals surface area contributed by atoms with E-state index in [4.69, 9.17) is 4.74 Å². The van der Waals surface area contributed by atoms with Gasteiger partial charge in [-0.25, -0.2) is 4.98 Å². The molecule has 0 bridgehead atoms. The van der Waals surface area contributed by atoms with Crippen LogP contribution in [0.25, 0.3) is 11.3 Å². The van der Waals surface area contributed by atoms with Gasteiger partial charge < -0.3 is 9.72 Å². The molecule has 4 heteroatoms. The fourth-order valence-corrected chi connectivity index (χ4v) is 2.18. The Kier molecular flexibility index (Phi) is 3.42. The Balaban J connectivity index is 2.79. The van der Waals surface area contributed by atoms with E-state index in [-0.39, 0.29) is 5.56 Å². The normalized spacial score (nSPS) is 10.6. The zero-order chi connectivity index (χ0) is 14.2. The predicted octanol–water partition coefficient (Wildman–Crippen LogP) is 2.68. The van der Waals surface area contributed by atoms with Gasteiger partial charge in [-0.2, -0.15) is 0 Å². The average molecular weight is 258 g/mol. The van der Waals surface area contributed by atoms with Crippen molar-refractivity contribution < 1.29 is 4.74 Å². The van der Waals surface area contributed by atoms with Crippen LogP contribution in [0.3, 0.4) is 0 Å². The van der Waals surface area contributed by atoms with Crippen molar-refractivity contribution in [3.63, 3.8) is 0 Å². The minimum atomic E-state index is -0.187. The van der Waals surface area contributed by atoms with Crippen molar-refractivity contribution in [2.45, 2.75) is 27.7 Å². The smallest absolute Gasteiger partial charge is 0.274 e. The Hall–Kier alpha value is -2.10. The molecule has 0 atom stereocenters. The Bertz CT molecular complexity index is 687. The molecule has 0 radical (unpaired) electrons. The van der Waals surface area contributed by atoms with Gasteiger partial charge in [0.15, 0.2) is 0 Å². The van der Waals surface area contributed by atoms with E-state index >= 15 is 0 Å². The first-order valence-electron chi connectivity index (χ1n) is 6.17. The van der Waals surface area contributed by atoms with Gasteiger partial charge in [0.2, 0.25) is 0 Å². The Morgan fingerprint density at radius 2 is 1.84 bits per heavy atom. The highest BCUT2D eigenvalue weighted by molar-refractivity contribution is 5.71. The summed E-state index contributed by atoms with van der Waals surface area (Å²) in [6.07, 6.45) is 0. The number of H-pyrrole nitrogens is 1. The quantitative estimate of drug-likeness (QED) is 0.901. The van der Waals surface area contributed by atoms with Crippen LogP contribution in [0.2, 0.25) is 0 Å². The molecule has 1 aromatic carbocycles. The Morgan fingerprint density at radius 3 is 2.47 bits per heavy atom. The van der Waals surface area contributed by atoms with Crippen molar-refractivity contribution in [3.8, 4) is 17.0 Å². The van der Waals surface area contributed by atoms with E-state index in [0.29, 0.717) is 11.4 Å². The molecule has 1 heterocycles. The SMILES string of the molecule is COc1cc(C)cc(C)c1-c1nc(C)c(C)[nH]c1=O. The van der Waals surface area contributed by atoms with E-state index in [1.165, 1.54) is 0 Å². The highest BCUT2D eigenvalue weighted by Crippen LogP contribution is 2.31. The van der Waals surface area contributed by atoms with Crippen molar-refractivity contribution in [1.82, 2.24) is 9.97 Å². The number of aromatic nitrogens is 2. The van der Waals surface area contributed by atoms with E-state index in [9.17, 15) is 4.79 Å². The fraction of sp³-hybridized carbons (Fsp3) is 0.333. The lowest BCUT2D eigenvalue weighted by molar-refractivity contribution is 0.415. The van der Waals surface area contributed by atoms with Gasteiger partial charge in [0, 0.05) is 5.69 Å². The number of aromatic amines is 1. The molecule has 0 saturated carbocycles. The molecule has 0 aliphatic rings. The molecule has 4 nitrogen and oxygen atoms in total. The molecular weight excluding hydrogens is 240 g/mol. The predicted molar refractivity (Wildman–Crippen MR) is 75.8 cm³/mol. The third-order valence-electron chi connectivity index (χ3n) is 3.24. The largest absolute Gasteiger partial charge is 0.496 e. The molecule has 0 fully saturated rings. The minimum Gasteiger partial charge on any atom is -0.496 e. The first-order chi connectivity index (χ1) is 8.93. The maximum atomic E-state index is 12.1. The monoisotopic (exact) mass is 258 g/mol. The molecule has 19 heavy (non-hydrogen) atoms. The molecule has 2 rings (SSSR count). The summed E-state index contributed by atoms with van der Waals surface area (Å²) < 4.78 is 5.39. The van der Waals surface area contributed by atoms with Crippen LogP contribution in [0, 0.1) is 27.7 Å². The van der Waals surface area contributed by atoms with E-state index in [2.05, 4.69) is 9.97 Å². The molecule has 1 aromatic heterocycles. The highest BCUT2D eigenvalue weighted by atomic mass is 16.5. The molecule has 0 spiro atoms. The second-order valence-corrected chi connectivity index (χ2v) is 4.78. The molecule has 0 aliphatic heterocycles. The van der Waals surface area contributed by atoms with Crippen molar-refractivity contribution in [1.29, 1.82) is 0 Å². The molecule has 0 amide bonds. The number of benzene rings is 1. The summed E-state index contributed by atoms with van der Waals surface area (Å²) in [5.74, 6) is 0.679. The lowest BCUT2D eigenvalue weighted by atomic mass is 10.0. The summed E-state index contributed by atoms with van der Waals surface area (Å²) in [5, 5.41) is 0. The fourth-order valence-electron chi connectivity index (χ4n) is 2.18. The molecular formula is C15H18N2O2. The zero-order valence-electron chi connectivity index (χ0n) is 11.9. The molecule has 100 valence electrons. The molecule has 1 N–H and O–H groups in total. The summed E-state index contributed by atoms with van der Waals surface area (Å²) in [5.41, 5.74) is 4.67. The lowest BCUT2D eigenvalue weighted by Gasteiger charge is -2.13. The van der Waals surface area contributed by atoms with Crippen LogP contribution in [0.4, 0.5) is 0 Å². The average Bonchev–Trinajstić information content (AvgIpc) is 2.33. The van der Waals surface area contributed by atoms with E-state index in [0.717, 1.165) is 28.1 Å². The first kappa shape index (κ1) is 13.3. The van der Waals surface area contributed by atoms with E-state index in [1.807, 2.05) is 39.8 Å². The molecule has 0 aliphatic carbocycles. The number of rotatable bonds is 2. The first-order valence-corrected chi connectivity index (χ1v) is 6.17. The van der Waals surface area contributed by atoms with Gasteiger partial charge in [-0.05, 0) is 44.9 Å². The van der Waals surface area contributed by atoms with E-state index < -0.39 is 0 Å².